The summed E-state index contributed by atoms with van der Waals surface area (Å²) in [4.78, 5) is 29.1. The molecule has 2 rings (SSSR count). The summed E-state index contributed by atoms with van der Waals surface area (Å²) in [5, 5.41) is 4.53. The monoisotopic (exact) mass is 334 g/mol. The molecule has 0 aliphatic carbocycles. The highest BCUT2D eigenvalue weighted by Crippen LogP contribution is 2.18. The molecule has 1 heterocycles. The quantitative estimate of drug-likeness (QED) is 0.917. The van der Waals surface area contributed by atoms with Gasteiger partial charge >= 0.3 is 12.1 Å². The Morgan fingerprint density at radius 1 is 1.17 bits per heavy atom. The van der Waals surface area contributed by atoms with Crippen LogP contribution in [0.4, 0.5) is 4.79 Å². The minimum atomic E-state index is -0.518. The highest BCUT2D eigenvalue weighted by atomic mass is 16.7. The molecule has 1 amide bonds. The van der Waals surface area contributed by atoms with E-state index < -0.39 is 11.5 Å². The van der Waals surface area contributed by atoms with Crippen LogP contribution in [0.5, 0.6) is 0 Å². The Hall–Kier alpha value is -2.08. The summed E-state index contributed by atoms with van der Waals surface area (Å²) in [7, 11) is 0. The highest BCUT2D eigenvalue weighted by Gasteiger charge is 2.28. The topological polar surface area (TPSA) is 67.9 Å². The van der Waals surface area contributed by atoms with Crippen molar-refractivity contribution in [2.75, 3.05) is 13.1 Å². The van der Waals surface area contributed by atoms with Crippen molar-refractivity contribution in [2.45, 2.75) is 46.3 Å². The standard InChI is InChI=1S/C18H26N2O4/c1-18(2,3)16(21)24-20-11-9-15(10-12-20)19-17(22)23-13-14-7-5-4-6-8-14/h4-8,15H,9-13H2,1-3H3,(H,19,22). The van der Waals surface area contributed by atoms with Crippen LogP contribution < -0.4 is 5.32 Å². The molecule has 24 heavy (non-hydrogen) atoms. The average molecular weight is 334 g/mol. The van der Waals surface area contributed by atoms with E-state index in [1.807, 2.05) is 51.1 Å². The minimum absolute atomic E-state index is 0.0397. The summed E-state index contributed by atoms with van der Waals surface area (Å²) >= 11 is 0. The molecule has 1 aromatic rings. The van der Waals surface area contributed by atoms with Gasteiger partial charge in [-0.25, -0.2) is 9.59 Å². The van der Waals surface area contributed by atoms with E-state index in [0.29, 0.717) is 13.1 Å². The zero-order chi connectivity index (χ0) is 17.6. The Labute approximate surface area is 143 Å². The second kappa shape index (κ2) is 8.15. The van der Waals surface area contributed by atoms with Crippen LogP contribution in [0.2, 0.25) is 0 Å². The highest BCUT2D eigenvalue weighted by molar-refractivity contribution is 5.75. The maximum atomic E-state index is 11.9. The smallest absolute Gasteiger partial charge is 0.407 e. The van der Waals surface area contributed by atoms with Crippen molar-refractivity contribution in [3.05, 3.63) is 35.9 Å². The molecule has 1 N–H and O–H groups in total. The first-order valence-corrected chi connectivity index (χ1v) is 8.29. The molecule has 0 spiro atoms. The largest absolute Gasteiger partial charge is 0.445 e. The van der Waals surface area contributed by atoms with E-state index in [2.05, 4.69) is 5.32 Å². The number of rotatable bonds is 4. The van der Waals surface area contributed by atoms with Gasteiger partial charge in [-0.05, 0) is 39.2 Å². The van der Waals surface area contributed by atoms with Gasteiger partial charge in [-0.3, -0.25) is 0 Å². The Bertz CT molecular complexity index is 546. The number of amides is 1. The molecule has 1 aliphatic heterocycles. The summed E-state index contributed by atoms with van der Waals surface area (Å²) in [6, 6.07) is 9.60. The second-order valence-electron chi connectivity index (χ2n) is 7.04. The molecule has 0 bridgehead atoms. The molecular formula is C18H26N2O4. The number of alkyl carbamates (subject to hydrolysis) is 1. The number of nitrogens with zero attached hydrogens (tertiary/aromatic N) is 1. The first kappa shape index (κ1) is 18.3. The van der Waals surface area contributed by atoms with Gasteiger partial charge in [0.2, 0.25) is 0 Å². The molecule has 132 valence electrons. The van der Waals surface area contributed by atoms with Gasteiger partial charge in [-0.2, -0.15) is 0 Å². The fraction of sp³-hybridized carbons (Fsp3) is 0.556. The fourth-order valence-electron chi connectivity index (χ4n) is 2.28. The van der Waals surface area contributed by atoms with Gasteiger partial charge in [0.05, 0.1) is 5.41 Å². The summed E-state index contributed by atoms with van der Waals surface area (Å²) in [5.41, 5.74) is 0.438. The predicted octanol–water partition coefficient (Wildman–Crippen LogP) is 2.88. The first-order valence-electron chi connectivity index (χ1n) is 8.29. The number of hydrogen-bond donors (Lipinski definition) is 1. The fourth-order valence-corrected chi connectivity index (χ4v) is 2.28. The van der Waals surface area contributed by atoms with Crippen LogP contribution in [0.15, 0.2) is 30.3 Å². The van der Waals surface area contributed by atoms with Crippen molar-refractivity contribution in [3.63, 3.8) is 0 Å². The Morgan fingerprint density at radius 3 is 2.38 bits per heavy atom. The van der Waals surface area contributed by atoms with E-state index in [0.717, 1.165) is 18.4 Å². The molecule has 0 radical (unpaired) electrons. The van der Waals surface area contributed by atoms with Gasteiger partial charge in [0, 0.05) is 19.1 Å². The molecule has 1 aromatic carbocycles. The first-order chi connectivity index (χ1) is 11.3. The summed E-state index contributed by atoms with van der Waals surface area (Å²) < 4.78 is 5.22. The average Bonchev–Trinajstić information content (AvgIpc) is 2.55. The molecule has 0 unspecified atom stereocenters. The minimum Gasteiger partial charge on any atom is -0.445 e. The Kier molecular flexibility index (Phi) is 6.20. The van der Waals surface area contributed by atoms with E-state index in [9.17, 15) is 9.59 Å². The van der Waals surface area contributed by atoms with Crippen LogP contribution in [0.3, 0.4) is 0 Å². The van der Waals surface area contributed by atoms with Crippen LogP contribution in [0.1, 0.15) is 39.2 Å². The van der Waals surface area contributed by atoms with E-state index >= 15 is 0 Å². The lowest BCUT2D eigenvalue weighted by atomic mass is 9.98. The van der Waals surface area contributed by atoms with Crippen molar-refractivity contribution in [1.29, 1.82) is 0 Å². The van der Waals surface area contributed by atoms with E-state index in [1.165, 1.54) is 0 Å². The summed E-state index contributed by atoms with van der Waals surface area (Å²) in [6.07, 6.45) is 1.03. The van der Waals surface area contributed by atoms with Crippen molar-refractivity contribution in [2.24, 2.45) is 5.41 Å². The Balaban J connectivity index is 1.67. The number of ether oxygens (including phenoxy) is 1. The Morgan fingerprint density at radius 2 is 1.79 bits per heavy atom. The second-order valence-corrected chi connectivity index (χ2v) is 7.04. The number of carbonyl (C=O) groups excluding carboxylic acids is 2. The molecular weight excluding hydrogens is 308 g/mol. The van der Waals surface area contributed by atoms with Gasteiger partial charge < -0.3 is 14.9 Å². The normalized spacial score (nSPS) is 16.5. The van der Waals surface area contributed by atoms with E-state index in [4.69, 9.17) is 9.57 Å². The molecule has 0 saturated carbocycles. The van der Waals surface area contributed by atoms with Crippen LogP contribution in [-0.2, 0) is 21.0 Å². The molecule has 1 saturated heterocycles. The lowest BCUT2D eigenvalue weighted by Crippen LogP contribution is -2.46. The molecule has 1 aliphatic rings. The van der Waals surface area contributed by atoms with Gasteiger partial charge in [-0.1, -0.05) is 30.3 Å². The van der Waals surface area contributed by atoms with Gasteiger partial charge in [0.15, 0.2) is 0 Å². The van der Waals surface area contributed by atoms with Crippen molar-refractivity contribution in [3.8, 4) is 0 Å². The number of piperidine rings is 1. The van der Waals surface area contributed by atoms with Gasteiger partial charge in [0.1, 0.15) is 6.61 Å². The third kappa shape index (κ3) is 5.85. The van der Waals surface area contributed by atoms with Crippen LogP contribution >= 0.6 is 0 Å². The van der Waals surface area contributed by atoms with Crippen molar-refractivity contribution < 1.29 is 19.2 Å². The summed E-state index contributed by atoms with van der Waals surface area (Å²) in [6.45, 7) is 6.94. The van der Waals surface area contributed by atoms with Gasteiger partial charge in [-0.15, -0.1) is 5.06 Å². The van der Waals surface area contributed by atoms with E-state index in [-0.39, 0.29) is 18.6 Å². The third-order valence-electron chi connectivity index (χ3n) is 3.81. The van der Waals surface area contributed by atoms with Crippen molar-refractivity contribution >= 4 is 12.1 Å². The molecule has 1 fully saturated rings. The lowest BCUT2D eigenvalue weighted by molar-refractivity contribution is -0.204. The SMILES string of the molecule is CC(C)(C)C(=O)ON1CCC(NC(=O)OCc2ccccc2)CC1. The molecule has 6 heteroatoms. The van der Waals surface area contributed by atoms with Crippen LogP contribution in [0.25, 0.3) is 0 Å². The van der Waals surface area contributed by atoms with Gasteiger partial charge in [0.25, 0.3) is 0 Å². The third-order valence-corrected chi connectivity index (χ3v) is 3.81. The van der Waals surface area contributed by atoms with Crippen LogP contribution in [0, 0.1) is 5.41 Å². The number of carbonyl (C=O) groups is 2. The number of hydrogen-bond acceptors (Lipinski definition) is 5. The lowest BCUT2D eigenvalue weighted by Gasteiger charge is -2.32. The van der Waals surface area contributed by atoms with E-state index in [1.54, 1.807) is 5.06 Å². The molecule has 0 atom stereocenters. The molecule has 6 nitrogen and oxygen atoms in total. The number of benzene rings is 1. The maximum Gasteiger partial charge on any atom is 0.407 e. The number of hydroxylamine groups is 2. The summed E-state index contributed by atoms with van der Waals surface area (Å²) in [5.74, 6) is -0.240. The van der Waals surface area contributed by atoms with Crippen LogP contribution in [-0.4, -0.2) is 36.3 Å². The number of nitrogens with one attached hydrogen (secondary N) is 1. The zero-order valence-corrected chi connectivity index (χ0v) is 14.6. The zero-order valence-electron chi connectivity index (χ0n) is 14.6. The maximum absolute atomic E-state index is 11.9. The van der Waals surface area contributed by atoms with Crippen molar-refractivity contribution in [1.82, 2.24) is 10.4 Å². The predicted molar refractivity (Wildman–Crippen MR) is 89.9 cm³/mol. The molecule has 0 aromatic heterocycles.